The molecule has 1 unspecified atom stereocenters. The molecule has 104 valence electrons. The summed E-state index contributed by atoms with van der Waals surface area (Å²) in [4.78, 5) is 11.7. The smallest absolute Gasteiger partial charge is 0.309 e. The van der Waals surface area contributed by atoms with E-state index in [4.69, 9.17) is 4.74 Å². The Morgan fingerprint density at radius 3 is 2.50 bits per heavy atom. The van der Waals surface area contributed by atoms with Gasteiger partial charge in [0.25, 0.3) is 0 Å². The van der Waals surface area contributed by atoms with Gasteiger partial charge in [0.2, 0.25) is 0 Å². The van der Waals surface area contributed by atoms with Crippen LogP contribution < -0.4 is 0 Å². The molecule has 18 heavy (non-hydrogen) atoms. The average molecular weight is 254 g/mol. The molecule has 1 saturated carbocycles. The molecular weight excluding hydrogens is 228 g/mol. The lowest BCUT2D eigenvalue weighted by molar-refractivity contribution is -0.155. The van der Waals surface area contributed by atoms with E-state index >= 15 is 0 Å². The number of hydrogen-bond donors (Lipinski definition) is 1. The van der Waals surface area contributed by atoms with E-state index in [0.29, 0.717) is 0 Å². The fourth-order valence-electron chi connectivity index (χ4n) is 3.55. The Kier molecular flexibility index (Phi) is 4.66. The minimum atomic E-state index is -0.591. The first kappa shape index (κ1) is 13.9. The van der Waals surface area contributed by atoms with E-state index in [1.807, 2.05) is 0 Å². The van der Waals surface area contributed by atoms with Crippen molar-refractivity contribution in [2.75, 3.05) is 6.61 Å². The second-order valence-electron chi connectivity index (χ2n) is 6.13. The normalized spacial score (nSPS) is 37.4. The third-order valence-corrected chi connectivity index (χ3v) is 4.99. The molecule has 1 aliphatic carbocycles. The summed E-state index contributed by atoms with van der Waals surface area (Å²) in [5.41, 5.74) is -0.492. The van der Waals surface area contributed by atoms with Crippen LogP contribution in [0.4, 0.5) is 0 Å². The summed E-state index contributed by atoms with van der Waals surface area (Å²) in [6.07, 6.45) is 9.34. The molecule has 1 atom stereocenters. The lowest BCUT2D eigenvalue weighted by Crippen LogP contribution is -2.39. The molecule has 1 saturated heterocycles. The minimum Gasteiger partial charge on any atom is -0.481 e. The quantitative estimate of drug-likeness (QED) is 0.833. The van der Waals surface area contributed by atoms with Gasteiger partial charge in [-0.25, -0.2) is 0 Å². The van der Waals surface area contributed by atoms with Gasteiger partial charge in [0, 0.05) is 6.61 Å². The SMILES string of the molecule is CCC1CCC(CC2CCCCO2)(C(=O)O)CC1. The van der Waals surface area contributed by atoms with Gasteiger partial charge < -0.3 is 9.84 Å². The van der Waals surface area contributed by atoms with E-state index in [2.05, 4.69) is 6.92 Å². The summed E-state index contributed by atoms with van der Waals surface area (Å²) in [7, 11) is 0. The highest BCUT2D eigenvalue weighted by molar-refractivity contribution is 5.74. The van der Waals surface area contributed by atoms with E-state index in [0.717, 1.165) is 57.5 Å². The zero-order chi connectivity index (χ0) is 13.0. The Morgan fingerprint density at radius 1 is 1.28 bits per heavy atom. The predicted octanol–water partition coefficient (Wildman–Crippen LogP) is 3.62. The van der Waals surface area contributed by atoms with Crippen LogP contribution in [0.1, 0.15) is 64.7 Å². The lowest BCUT2D eigenvalue weighted by atomic mass is 9.67. The van der Waals surface area contributed by atoms with Crippen molar-refractivity contribution >= 4 is 5.97 Å². The van der Waals surface area contributed by atoms with Crippen LogP contribution in [-0.4, -0.2) is 23.8 Å². The zero-order valence-electron chi connectivity index (χ0n) is 11.5. The molecule has 0 bridgehead atoms. The Morgan fingerprint density at radius 2 is 2.00 bits per heavy atom. The van der Waals surface area contributed by atoms with E-state index < -0.39 is 11.4 Å². The summed E-state index contributed by atoms with van der Waals surface area (Å²) in [6, 6.07) is 0. The third-order valence-electron chi connectivity index (χ3n) is 4.99. The van der Waals surface area contributed by atoms with Crippen molar-refractivity contribution in [3.8, 4) is 0 Å². The van der Waals surface area contributed by atoms with Gasteiger partial charge in [-0.2, -0.15) is 0 Å². The Bertz CT molecular complexity index is 273. The van der Waals surface area contributed by atoms with Crippen LogP contribution in [0.25, 0.3) is 0 Å². The van der Waals surface area contributed by atoms with Gasteiger partial charge in [-0.3, -0.25) is 4.79 Å². The summed E-state index contributed by atoms with van der Waals surface area (Å²) >= 11 is 0. The molecule has 1 heterocycles. The van der Waals surface area contributed by atoms with Crippen molar-refractivity contribution in [1.29, 1.82) is 0 Å². The molecule has 0 amide bonds. The molecule has 0 aromatic carbocycles. The van der Waals surface area contributed by atoms with Gasteiger partial charge in [-0.15, -0.1) is 0 Å². The molecule has 1 aliphatic heterocycles. The molecule has 2 rings (SSSR count). The predicted molar refractivity (Wildman–Crippen MR) is 70.5 cm³/mol. The highest BCUT2D eigenvalue weighted by Gasteiger charge is 2.43. The van der Waals surface area contributed by atoms with E-state index in [9.17, 15) is 9.90 Å². The van der Waals surface area contributed by atoms with Gasteiger partial charge in [-0.1, -0.05) is 13.3 Å². The first-order chi connectivity index (χ1) is 8.66. The fourth-order valence-corrected chi connectivity index (χ4v) is 3.55. The molecule has 3 heteroatoms. The number of ether oxygens (including phenoxy) is 1. The average Bonchev–Trinajstić information content (AvgIpc) is 2.40. The molecular formula is C15H26O3. The van der Waals surface area contributed by atoms with Crippen molar-refractivity contribution in [3.05, 3.63) is 0 Å². The van der Waals surface area contributed by atoms with E-state index in [1.165, 1.54) is 12.8 Å². The highest BCUT2D eigenvalue weighted by atomic mass is 16.5. The van der Waals surface area contributed by atoms with Crippen LogP contribution >= 0.6 is 0 Å². The summed E-state index contributed by atoms with van der Waals surface area (Å²) in [5.74, 6) is 0.149. The first-order valence-electron chi connectivity index (χ1n) is 7.51. The lowest BCUT2D eigenvalue weighted by Gasteiger charge is -2.39. The number of rotatable bonds is 4. The van der Waals surface area contributed by atoms with E-state index in [-0.39, 0.29) is 6.10 Å². The topological polar surface area (TPSA) is 46.5 Å². The van der Waals surface area contributed by atoms with Crippen molar-refractivity contribution in [1.82, 2.24) is 0 Å². The standard InChI is InChI=1S/C15H26O3/c1-2-12-6-8-15(9-7-12,14(16)17)11-13-5-3-4-10-18-13/h12-13H,2-11H2,1H3,(H,16,17). The van der Waals surface area contributed by atoms with Gasteiger partial charge >= 0.3 is 5.97 Å². The van der Waals surface area contributed by atoms with Crippen LogP contribution in [0.3, 0.4) is 0 Å². The molecule has 3 nitrogen and oxygen atoms in total. The monoisotopic (exact) mass is 254 g/mol. The highest BCUT2D eigenvalue weighted by Crippen LogP contribution is 2.44. The third kappa shape index (κ3) is 3.05. The number of carbonyl (C=O) groups is 1. The number of carboxylic acid groups (broad SMARTS) is 1. The van der Waals surface area contributed by atoms with Crippen molar-refractivity contribution < 1.29 is 14.6 Å². The molecule has 1 N–H and O–H groups in total. The minimum absolute atomic E-state index is 0.188. The molecule has 2 fully saturated rings. The molecule has 2 aliphatic rings. The maximum atomic E-state index is 11.7. The van der Waals surface area contributed by atoms with Gasteiger partial charge in [0.05, 0.1) is 11.5 Å². The number of carboxylic acids is 1. The maximum Gasteiger partial charge on any atom is 0.309 e. The van der Waals surface area contributed by atoms with Crippen LogP contribution in [0.2, 0.25) is 0 Å². The van der Waals surface area contributed by atoms with Gasteiger partial charge in [-0.05, 0) is 57.3 Å². The van der Waals surface area contributed by atoms with Crippen LogP contribution in [0.5, 0.6) is 0 Å². The second kappa shape index (κ2) is 6.05. The Balaban J connectivity index is 1.96. The summed E-state index contributed by atoms with van der Waals surface area (Å²) < 4.78 is 5.75. The van der Waals surface area contributed by atoms with Crippen molar-refractivity contribution in [2.24, 2.45) is 11.3 Å². The molecule has 0 aromatic heterocycles. The molecule has 0 spiro atoms. The van der Waals surface area contributed by atoms with Crippen LogP contribution in [0, 0.1) is 11.3 Å². The summed E-state index contributed by atoms with van der Waals surface area (Å²) in [5, 5.41) is 9.62. The van der Waals surface area contributed by atoms with Crippen LogP contribution in [0.15, 0.2) is 0 Å². The largest absolute Gasteiger partial charge is 0.481 e. The van der Waals surface area contributed by atoms with Crippen molar-refractivity contribution in [3.63, 3.8) is 0 Å². The van der Waals surface area contributed by atoms with Crippen molar-refractivity contribution in [2.45, 2.75) is 70.8 Å². The molecule has 0 radical (unpaired) electrons. The summed E-state index contributed by atoms with van der Waals surface area (Å²) in [6.45, 7) is 3.03. The van der Waals surface area contributed by atoms with Gasteiger partial charge in [0.1, 0.15) is 0 Å². The number of aliphatic carboxylic acids is 1. The first-order valence-corrected chi connectivity index (χ1v) is 7.51. The Hall–Kier alpha value is -0.570. The molecule has 0 aromatic rings. The number of hydrogen-bond acceptors (Lipinski definition) is 2. The fraction of sp³-hybridized carbons (Fsp3) is 0.933. The second-order valence-corrected chi connectivity index (χ2v) is 6.13. The Labute approximate surface area is 110 Å². The van der Waals surface area contributed by atoms with Crippen LogP contribution in [-0.2, 0) is 9.53 Å². The zero-order valence-corrected chi connectivity index (χ0v) is 11.5. The van der Waals surface area contributed by atoms with E-state index in [1.54, 1.807) is 0 Å². The maximum absolute atomic E-state index is 11.7. The van der Waals surface area contributed by atoms with Gasteiger partial charge in [0.15, 0.2) is 0 Å².